The van der Waals surface area contributed by atoms with Crippen LogP contribution < -0.4 is 0 Å². The molecule has 2 nitrogen and oxygen atoms in total. The minimum atomic E-state index is -0.194. The van der Waals surface area contributed by atoms with Crippen LogP contribution in [-0.2, 0) is 16.0 Å². The first-order valence-electron chi connectivity index (χ1n) is 6.56. The molecule has 0 aliphatic heterocycles. The van der Waals surface area contributed by atoms with E-state index in [1.807, 2.05) is 12.1 Å². The number of allylic oxidation sites excluding steroid dienone is 2. The van der Waals surface area contributed by atoms with Crippen molar-refractivity contribution >= 4 is 11.5 Å². The first-order chi connectivity index (χ1) is 8.71. The summed E-state index contributed by atoms with van der Waals surface area (Å²) < 4.78 is 4.66. The summed E-state index contributed by atoms with van der Waals surface area (Å²) in [6.45, 7) is 4.34. The lowest BCUT2D eigenvalue weighted by atomic mass is 9.98. The molecule has 0 spiro atoms. The fourth-order valence-electron chi connectivity index (χ4n) is 1.96. The van der Waals surface area contributed by atoms with Crippen LogP contribution in [0.25, 0.3) is 5.57 Å². The number of methoxy groups -OCH3 is 1. The SMILES string of the molecule is CC/C=C(\CCC)c1ccc(CC(=O)OC)cc1. The van der Waals surface area contributed by atoms with Gasteiger partial charge in [-0.25, -0.2) is 0 Å². The Morgan fingerprint density at radius 1 is 1.22 bits per heavy atom. The van der Waals surface area contributed by atoms with Gasteiger partial charge in [0, 0.05) is 0 Å². The first-order valence-corrected chi connectivity index (χ1v) is 6.56. The van der Waals surface area contributed by atoms with Crippen molar-refractivity contribution in [3.05, 3.63) is 41.5 Å². The summed E-state index contributed by atoms with van der Waals surface area (Å²) in [5.74, 6) is -0.194. The van der Waals surface area contributed by atoms with E-state index in [9.17, 15) is 4.79 Å². The van der Waals surface area contributed by atoms with E-state index in [2.05, 4.69) is 36.8 Å². The van der Waals surface area contributed by atoms with Crippen molar-refractivity contribution in [3.8, 4) is 0 Å². The van der Waals surface area contributed by atoms with Crippen molar-refractivity contribution < 1.29 is 9.53 Å². The summed E-state index contributed by atoms with van der Waals surface area (Å²) in [7, 11) is 1.42. The molecule has 1 aromatic carbocycles. The summed E-state index contributed by atoms with van der Waals surface area (Å²) in [5, 5.41) is 0. The van der Waals surface area contributed by atoms with Crippen molar-refractivity contribution in [1.29, 1.82) is 0 Å². The Morgan fingerprint density at radius 2 is 1.89 bits per heavy atom. The van der Waals surface area contributed by atoms with E-state index in [0.717, 1.165) is 24.8 Å². The molecule has 0 radical (unpaired) electrons. The largest absolute Gasteiger partial charge is 0.469 e. The summed E-state index contributed by atoms with van der Waals surface area (Å²) in [5.41, 5.74) is 3.65. The Kier molecular flexibility index (Phi) is 6.20. The summed E-state index contributed by atoms with van der Waals surface area (Å²) in [4.78, 5) is 11.2. The monoisotopic (exact) mass is 246 g/mol. The maximum Gasteiger partial charge on any atom is 0.309 e. The average Bonchev–Trinajstić information content (AvgIpc) is 2.39. The Balaban J connectivity index is 2.80. The lowest BCUT2D eigenvalue weighted by Gasteiger charge is -2.07. The van der Waals surface area contributed by atoms with Gasteiger partial charge in [-0.3, -0.25) is 4.79 Å². The molecule has 0 fully saturated rings. The smallest absolute Gasteiger partial charge is 0.309 e. The Bertz CT molecular complexity index is 402. The van der Waals surface area contributed by atoms with Gasteiger partial charge in [0.25, 0.3) is 0 Å². The second-order valence-corrected chi connectivity index (χ2v) is 4.34. The predicted molar refractivity (Wildman–Crippen MR) is 75.3 cm³/mol. The van der Waals surface area contributed by atoms with Crippen LogP contribution in [0.4, 0.5) is 0 Å². The van der Waals surface area contributed by atoms with Gasteiger partial charge in [0.15, 0.2) is 0 Å². The molecule has 0 heterocycles. The topological polar surface area (TPSA) is 26.3 Å². The first kappa shape index (κ1) is 14.5. The van der Waals surface area contributed by atoms with Crippen LogP contribution in [0.15, 0.2) is 30.3 Å². The van der Waals surface area contributed by atoms with Gasteiger partial charge < -0.3 is 4.74 Å². The standard InChI is InChI=1S/C16H22O2/c1-4-6-14(7-5-2)15-10-8-13(9-11-15)12-16(17)18-3/h6,8-11H,4-5,7,12H2,1-3H3/b14-6+. The molecular weight excluding hydrogens is 224 g/mol. The number of benzene rings is 1. The van der Waals surface area contributed by atoms with Gasteiger partial charge in [-0.15, -0.1) is 0 Å². The number of carbonyl (C=O) groups is 1. The van der Waals surface area contributed by atoms with Gasteiger partial charge in [-0.1, -0.05) is 50.6 Å². The molecule has 2 heteroatoms. The molecule has 0 bridgehead atoms. The molecule has 0 aromatic heterocycles. The molecule has 98 valence electrons. The van der Waals surface area contributed by atoms with Gasteiger partial charge in [-0.05, 0) is 29.5 Å². The molecule has 0 aliphatic rings. The maximum atomic E-state index is 11.2. The molecule has 0 N–H and O–H groups in total. The van der Waals surface area contributed by atoms with Crippen molar-refractivity contribution in [2.75, 3.05) is 7.11 Å². The molecule has 1 aromatic rings. The number of esters is 1. The van der Waals surface area contributed by atoms with E-state index < -0.39 is 0 Å². The van der Waals surface area contributed by atoms with Gasteiger partial charge in [0.05, 0.1) is 13.5 Å². The van der Waals surface area contributed by atoms with Crippen LogP contribution in [0.5, 0.6) is 0 Å². The quantitative estimate of drug-likeness (QED) is 0.709. The van der Waals surface area contributed by atoms with Crippen molar-refractivity contribution in [2.45, 2.75) is 39.5 Å². The van der Waals surface area contributed by atoms with E-state index in [1.165, 1.54) is 18.2 Å². The highest BCUT2D eigenvalue weighted by atomic mass is 16.5. The van der Waals surface area contributed by atoms with E-state index in [1.54, 1.807) is 0 Å². The maximum absolute atomic E-state index is 11.2. The van der Waals surface area contributed by atoms with Gasteiger partial charge in [-0.2, -0.15) is 0 Å². The lowest BCUT2D eigenvalue weighted by molar-refractivity contribution is -0.139. The molecule has 0 saturated carbocycles. The van der Waals surface area contributed by atoms with Crippen LogP contribution in [-0.4, -0.2) is 13.1 Å². The van der Waals surface area contributed by atoms with Gasteiger partial charge >= 0.3 is 5.97 Å². The molecular formula is C16H22O2. The normalized spacial score (nSPS) is 11.4. The minimum Gasteiger partial charge on any atom is -0.469 e. The van der Waals surface area contributed by atoms with Gasteiger partial charge in [0.1, 0.15) is 0 Å². The molecule has 0 saturated heterocycles. The lowest BCUT2D eigenvalue weighted by Crippen LogP contribution is -2.04. The molecule has 1 rings (SSSR count). The molecule has 0 atom stereocenters. The molecule has 18 heavy (non-hydrogen) atoms. The van der Waals surface area contributed by atoms with E-state index >= 15 is 0 Å². The highest BCUT2D eigenvalue weighted by Gasteiger charge is 2.04. The molecule has 0 amide bonds. The zero-order valence-electron chi connectivity index (χ0n) is 11.5. The third kappa shape index (κ3) is 4.36. The Morgan fingerprint density at radius 3 is 2.39 bits per heavy atom. The van der Waals surface area contributed by atoms with Crippen LogP contribution >= 0.6 is 0 Å². The highest BCUT2D eigenvalue weighted by Crippen LogP contribution is 2.21. The average molecular weight is 246 g/mol. The second-order valence-electron chi connectivity index (χ2n) is 4.34. The number of hydrogen-bond acceptors (Lipinski definition) is 2. The highest BCUT2D eigenvalue weighted by molar-refractivity contribution is 5.73. The number of ether oxygens (including phenoxy) is 1. The fraction of sp³-hybridized carbons (Fsp3) is 0.438. The summed E-state index contributed by atoms with van der Waals surface area (Å²) in [6.07, 6.45) is 5.93. The number of rotatable bonds is 6. The van der Waals surface area contributed by atoms with Crippen LogP contribution in [0.3, 0.4) is 0 Å². The van der Waals surface area contributed by atoms with E-state index in [0.29, 0.717) is 6.42 Å². The zero-order valence-corrected chi connectivity index (χ0v) is 11.5. The van der Waals surface area contributed by atoms with Crippen LogP contribution in [0.2, 0.25) is 0 Å². The Hall–Kier alpha value is -1.57. The van der Waals surface area contributed by atoms with Crippen LogP contribution in [0, 0.1) is 0 Å². The summed E-state index contributed by atoms with van der Waals surface area (Å²) in [6, 6.07) is 8.20. The third-order valence-electron chi connectivity index (χ3n) is 2.87. The third-order valence-corrected chi connectivity index (χ3v) is 2.87. The second kappa shape index (κ2) is 7.70. The van der Waals surface area contributed by atoms with Crippen molar-refractivity contribution in [2.24, 2.45) is 0 Å². The van der Waals surface area contributed by atoms with Crippen molar-refractivity contribution in [1.82, 2.24) is 0 Å². The van der Waals surface area contributed by atoms with E-state index in [-0.39, 0.29) is 5.97 Å². The predicted octanol–water partition coefficient (Wildman–Crippen LogP) is 4.00. The van der Waals surface area contributed by atoms with Crippen LogP contribution in [0.1, 0.15) is 44.2 Å². The summed E-state index contributed by atoms with van der Waals surface area (Å²) >= 11 is 0. The Labute approximate surface area is 110 Å². The zero-order chi connectivity index (χ0) is 13.4. The molecule has 0 unspecified atom stereocenters. The van der Waals surface area contributed by atoms with Gasteiger partial charge in [0.2, 0.25) is 0 Å². The minimum absolute atomic E-state index is 0.194. The fourth-order valence-corrected chi connectivity index (χ4v) is 1.96. The number of hydrogen-bond donors (Lipinski definition) is 0. The number of carbonyl (C=O) groups excluding carboxylic acids is 1. The van der Waals surface area contributed by atoms with Crippen molar-refractivity contribution in [3.63, 3.8) is 0 Å². The molecule has 0 aliphatic carbocycles. The van der Waals surface area contributed by atoms with E-state index in [4.69, 9.17) is 0 Å².